The summed E-state index contributed by atoms with van der Waals surface area (Å²) in [4.78, 5) is 13.5. The Hall–Kier alpha value is -0.480. The number of hydrogen-bond donors (Lipinski definition) is 1. The minimum atomic E-state index is -0.860. The van der Waals surface area contributed by atoms with Crippen molar-refractivity contribution in [3.05, 3.63) is 33.8 Å². The molecule has 1 aliphatic rings. The Morgan fingerprint density at radius 2 is 1.84 bits per heavy atom. The maximum atomic E-state index is 11.5. The zero-order valence-electron chi connectivity index (χ0n) is 10.3. The van der Waals surface area contributed by atoms with Gasteiger partial charge in [-0.05, 0) is 43.6 Å². The number of rotatable bonds is 3. The van der Waals surface area contributed by atoms with E-state index in [4.69, 9.17) is 23.2 Å². The largest absolute Gasteiger partial charge is 0.480 e. The van der Waals surface area contributed by atoms with E-state index in [9.17, 15) is 9.90 Å². The molecule has 0 saturated carbocycles. The van der Waals surface area contributed by atoms with E-state index in [0.29, 0.717) is 15.6 Å². The van der Waals surface area contributed by atoms with Crippen LogP contribution in [0.3, 0.4) is 0 Å². The molecule has 0 aliphatic carbocycles. The van der Waals surface area contributed by atoms with Crippen LogP contribution < -0.4 is 0 Å². The molecule has 0 bridgehead atoms. The van der Waals surface area contributed by atoms with Gasteiger partial charge >= 0.3 is 5.97 Å². The molecule has 106 valence electrons. The first kappa shape index (κ1) is 16.6. The first-order valence-corrected chi connectivity index (χ1v) is 6.77. The fourth-order valence-corrected chi connectivity index (χ4v) is 2.90. The molecular formula is C13H16Cl3NO2. The van der Waals surface area contributed by atoms with Crippen molar-refractivity contribution in [2.45, 2.75) is 25.3 Å². The maximum absolute atomic E-state index is 11.5. The number of piperidine rings is 1. The summed E-state index contributed by atoms with van der Waals surface area (Å²) in [5.74, 6) is -0.860. The molecule has 3 nitrogen and oxygen atoms in total. The molecule has 0 spiro atoms. The van der Waals surface area contributed by atoms with E-state index in [-0.39, 0.29) is 12.4 Å². The first-order chi connectivity index (χ1) is 8.59. The van der Waals surface area contributed by atoms with Crippen molar-refractivity contribution in [1.82, 2.24) is 4.90 Å². The molecule has 0 amide bonds. The number of hydrogen-bond acceptors (Lipinski definition) is 2. The van der Waals surface area contributed by atoms with Crippen molar-refractivity contribution in [2.24, 2.45) is 0 Å². The van der Waals surface area contributed by atoms with E-state index in [1.54, 1.807) is 18.2 Å². The van der Waals surface area contributed by atoms with E-state index < -0.39 is 12.0 Å². The average molecular weight is 325 g/mol. The molecule has 2 rings (SSSR count). The van der Waals surface area contributed by atoms with Crippen LogP contribution in [0.4, 0.5) is 0 Å². The Morgan fingerprint density at radius 3 is 2.37 bits per heavy atom. The van der Waals surface area contributed by atoms with E-state index in [2.05, 4.69) is 0 Å². The van der Waals surface area contributed by atoms with Gasteiger partial charge in [-0.15, -0.1) is 12.4 Å². The van der Waals surface area contributed by atoms with Crippen LogP contribution in [0.1, 0.15) is 30.9 Å². The molecule has 1 fully saturated rings. The van der Waals surface area contributed by atoms with Crippen molar-refractivity contribution in [3.8, 4) is 0 Å². The van der Waals surface area contributed by atoms with E-state index in [1.165, 1.54) is 0 Å². The third-order valence-corrected chi connectivity index (χ3v) is 3.81. The van der Waals surface area contributed by atoms with Crippen LogP contribution in [0.2, 0.25) is 10.0 Å². The minimum absolute atomic E-state index is 0. The molecule has 1 N–H and O–H groups in total. The molecule has 19 heavy (non-hydrogen) atoms. The van der Waals surface area contributed by atoms with Gasteiger partial charge in [0.15, 0.2) is 0 Å². The SMILES string of the molecule is Cl.O=C(O)C(c1ccc(Cl)cc1Cl)N1CCCCC1. The molecule has 1 aliphatic heterocycles. The van der Waals surface area contributed by atoms with Crippen molar-refractivity contribution >= 4 is 41.6 Å². The number of carboxylic acid groups (broad SMARTS) is 1. The molecule has 6 heteroatoms. The Morgan fingerprint density at radius 1 is 1.21 bits per heavy atom. The highest BCUT2D eigenvalue weighted by Gasteiger charge is 2.30. The monoisotopic (exact) mass is 323 g/mol. The predicted molar refractivity (Wildman–Crippen MR) is 79.5 cm³/mol. The quantitative estimate of drug-likeness (QED) is 0.912. The Bertz CT molecular complexity index is 448. The highest BCUT2D eigenvalue weighted by molar-refractivity contribution is 6.35. The molecule has 0 radical (unpaired) electrons. The van der Waals surface area contributed by atoms with Gasteiger partial charge in [0.25, 0.3) is 0 Å². The highest BCUT2D eigenvalue weighted by Crippen LogP contribution is 2.31. The first-order valence-electron chi connectivity index (χ1n) is 6.01. The molecular weight excluding hydrogens is 309 g/mol. The van der Waals surface area contributed by atoms with Crippen LogP contribution in [-0.2, 0) is 4.79 Å². The average Bonchev–Trinajstić information content (AvgIpc) is 2.33. The van der Waals surface area contributed by atoms with Crippen LogP contribution in [-0.4, -0.2) is 29.1 Å². The van der Waals surface area contributed by atoms with Gasteiger partial charge in [0, 0.05) is 10.0 Å². The third-order valence-electron chi connectivity index (χ3n) is 3.25. The smallest absolute Gasteiger partial charge is 0.325 e. The van der Waals surface area contributed by atoms with E-state index in [1.807, 2.05) is 4.90 Å². The summed E-state index contributed by atoms with van der Waals surface area (Å²) < 4.78 is 0. The number of halogens is 3. The standard InChI is InChI=1S/C13H15Cl2NO2.ClH/c14-9-4-5-10(11(15)8-9)12(13(17)18)16-6-2-1-3-7-16;/h4-5,8,12H,1-3,6-7H2,(H,17,18);1H. The Labute approximate surface area is 128 Å². The van der Waals surface area contributed by atoms with Crippen LogP contribution in [0, 0.1) is 0 Å². The fraction of sp³-hybridized carbons (Fsp3) is 0.462. The number of likely N-dealkylation sites (tertiary alicyclic amines) is 1. The lowest BCUT2D eigenvalue weighted by Crippen LogP contribution is -2.38. The van der Waals surface area contributed by atoms with Crippen molar-refractivity contribution in [2.75, 3.05) is 13.1 Å². The zero-order chi connectivity index (χ0) is 13.1. The lowest BCUT2D eigenvalue weighted by Gasteiger charge is -2.32. The van der Waals surface area contributed by atoms with E-state index in [0.717, 1.165) is 32.4 Å². The summed E-state index contributed by atoms with van der Waals surface area (Å²) in [5.41, 5.74) is 0.621. The molecule has 1 unspecified atom stereocenters. The second kappa shape index (κ2) is 7.34. The Balaban J connectivity index is 0.00000180. The molecule has 0 aromatic heterocycles. The normalized spacial score (nSPS) is 17.6. The predicted octanol–water partition coefficient (Wildman–Crippen LogP) is 4.03. The third kappa shape index (κ3) is 3.99. The fourth-order valence-electron chi connectivity index (χ4n) is 2.39. The molecule has 1 atom stereocenters. The second-order valence-corrected chi connectivity index (χ2v) is 5.35. The van der Waals surface area contributed by atoms with Gasteiger partial charge in [-0.25, -0.2) is 0 Å². The Kier molecular flexibility index (Phi) is 6.40. The van der Waals surface area contributed by atoms with Gasteiger partial charge in [-0.3, -0.25) is 9.69 Å². The molecule has 1 saturated heterocycles. The van der Waals surface area contributed by atoms with Crippen molar-refractivity contribution in [3.63, 3.8) is 0 Å². The van der Waals surface area contributed by atoms with Gasteiger partial charge in [-0.2, -0.15) is 0 Å². The molecule has 1 aromatic rings. The number of nitrogens with zero attached hydrogens (tertiary/aromatic N) is 1. The lowest BCUT2D eigenvalue weighted by molar-refractivity contribution is -0.144. The summed E-state index contributed by atoms with van der Waals surface area (Å²) in [6.07, 6.45) is 3.24. The van der Waals surface area contributed by atoms with Crippen LogP contribution >= 0.6 is 35.6 Å². The van der Waals surface area contributed by atoms with Gasteiger partial charge in [0.05, 0.1) is 0 Å². The summed E-state index contributed by atoms with van der Waals surface area (Å²) in [5, 5.41) is 10.4. The van der Waals surface area contributed by atoms with Crippen LogP contribution in [0.25, 0.3) is 0 Å². The van der Waals surface area contributed by atoms with Gasteiger partial charge in [0.2, 0.25) is 0 Å². The van der Waals surface area contributed by atoms with Gasteiger partial charge < -0.3 is 5.11 Å². The van der Waals surface area contributed by atoms with Gasteiger partial charge in [-0.1, -0.05) is 35.7 Å². The topological polar surface area (TPSA) is 40.5 Å². The van der Waals surface area contributed by atoms with Crippen molar-refractivity contribution in [1.29, 1.82) is 0 Å². The number of benzene rings is 1. The van der Waals surface area contributed by atoms with Gasteiger partial charge in [0.1, 0.15) is 6.04 Å². The summed E-state index contributed by atoms with van der Waals surface area (Å²) in [7, 11) is 0. The van der Waals surface area contributed by atoms with E-state index >= 15 is 0 Å². The maximum Gasteiger partial charge on any atom is 0.325 e. The van der Waals surface area contributed by atoms with Crippen LogP contribution in [0.15, 0.2) is 18.2 Å². The number of aliphatic carboxylic acids is 1. The lowest BCUT2D eigenvalue weighted by atomic mass is 10.0. The van der Waals surface area contributed by atoms with Crippen LogP contribution in [0.5, 0.6) is 0 Å². The summed E-state index contributed by atoms with van der Waals surface area (Å²) in [6.45, 7) is 1.60. The molecule has 1 aromatic carbocycles. The second-order valence-electron chi connectivity index (χ2n) is 4.50. The van der Waals surface area contributed by atoms with Crippen molar-refractivity contribution < 1.29 is 9.90 Å². The summed E-state index contributed by atoms with van der Waals surface area (Å²) >= 11 is 12.0. The number of carbonyl (C=O) groups is 1. The highest BCUT2D eigenvalue weighted by atomic mass is 35.5. The minimum Gasteiger partial charge on any atom is -0.480 e. The molecule has 1 heterocycles. The summed E-state index contributed by atoms with van der Waals surface area (Å²) in [6, 6.07) is 4.31. The zero-order valence-corrected chi connectivity index (χ0v) is 12.6. The number of carboxylic acids is 1.